The minimum atomic E-state index is -0.721. The first kappa shape index (κ1) is 17.9. The van der Waals surface area contributed by atoms with E-state index in [1.807, 2.05) is 0 Å². The number of rotatable bonds is 6. The molecule has 8 nitrogen and oxygen atoms in total. The Kier molecular flexibility index (Phi) is 6.30. The third-order valence-corrected chi connectivity index (χ3v) is 4.52. The number of likely N-dealkylation sites (tertiary alicyclic amines) is 1. The van der Waals surface area contributed by atoms with Crippen LogP contribution in [0.15, 0.2) is 17.5 Å². The van der Waals surface area contributed by atoms with Gasteiger partial charge >= 0.3 is 5.97 Å². The highest BCUT2D eigenvalue weighted by Gasteiger charge is 2.30. The predicted octanol–water partition coefficient (Wildman–Crippen LogP) is -0.113. The van der Waals surface area contributed by atoms with E-state index in [9.17, 15) is 19.2 Å². The van der Waals surface area contributed by atoms with E-state index in [4.69, 9.17) is 10.5 Å². The first-order valence-corrected chi connectivity index (χ1v) is 8.43. The van der Waals surface area contributed by atoms with Gasteiger partial charge in [0.25, 0.3) is 11.8 Å². The highest BCUT2D eigenvalue weighted by Crippen LogP contribution is 2.16. The molecule has 0 aromatic carbocycles. The van der Waals surface area contributed by atoms with Gasteiger partial charge in [-0.1, -0.05) is 6.07 Å². The van der Waals surface area contributed by atoms with Crippen LogP contribution in [-0.2, 0) is 19.1 Å². The van der Waals surface area contributed by atoms with Crippen LogP contribution in [0.5, 0.6) is 0 Å². The smallest absolute Gasteiger partial charge is 0.325 e. The van der Waals surface area contributed by atoms with Gasteiger partial charge in [-0.3, -0.25) is 19.2 Å². The Morgan fingerprint density at radius 1 is 1.33 bits per heavy atom. The molecule has 24 heavy (non-hydrogen) atoms. The zero-order valence-electron chi connectivity index (χ0n) is 13.0. The van der Waals surface area contributed by atoms with Crippen molar-refractivity contribution in [2.75, 3.05) is 19.7 Å². The van der Waals surface area contributed by atoms with Crippen LogP contribution in [0.3, 0.4) is 0 Å². The van der Waals surface area contributed by atoms with E-state index in [1.165, 1.54) is 16.2 Å². The number of hydrogen-bond acceptors (Lipinski definition) is 6. The number of thiophene rings is 1. The predicted molar refractivity (Wildman–Crippen MR) is 86.2 cm³/mol. The van der Waals surface area contributed by atoms with E-state index in [0.717, 1.165) is 12.8 Å². The van der Waals surface area contributed by atoms with Gasteiger partial charge < -0.3 is 20.7 Å². The lowest BCUT2D eigenvalue weighted by molar-refractivity contribution is -0.154. The van der Waals surface area contributed by atoms with Crippen LogP contribution in [0.1, 0.15) is 28.9 Å². The molecule has 3 amide bonds. The van der Waals surface area contributed by atoms with Gasteiger partial charge in [-0.15, -0.1) is 11.3 Å². The van der Waals surface area contributed by atoms with E-state index in [-0.39, 0.29) is 12.5 Å². The van der Waals surface area contributed by atoms with Crippen molar-refractivity contribution in [3.8, 4) is 0 Å². The summed E-state index contributed by atoms with van der Waals surface area (Å²) >= 11 is 1.25. The average molecular weight is 353 g/mol. The third kappa shape index (κ3) is 4.79. The van der Waals surface area contributed by atoms with Crippen molar-refractivity contribution in [3.05, 3.63) is 22.4 Å². The molecule has 1 aliphatic rings. The summed E-state index contributed by atoms with van der Waals surface area (Å²) in [5, 5.41) is 4.16. The molecule has 0 aliphatic carbocycles. The van der Waals surface area contributed by atoms with Gasteiger partial charge in [-0.25, -0.2) is 0 Å². The molecular formula is C15H19N3O5S. The minimum absolute atomic E-state index is 0.330. The van der Waals surface area contributed by atoms with E-state index in [1.54, 1.807) is 17.5 Å². The lowest BCUT2D eigenvalue weighted by Gasteiger charge is -2.33. The van der Waals surface area contributed by atoms with Gasteiger partial charge in [0.05, 0.1) is 4.88 Å². The SMILES string of the molecule is NC(=O)[C@@H]1CCCCN1C(=O)COC(=O)CNC(=O)c1cccs1. The Bertz CT molecular complexity index is 617. The quantitative estimate of drug-likeness (QED) is 0.692. The second kappa shape index (κ2) is 8.44. The van der Waals surface area contributed by atoms with Crippen molar-refractivity contribution in [2.24, 2.45) is 5.73 Å². The molecule has 2 rings (SSSR count). The minimum Gasteiger partial charge on any atom is -0.454 e. The van der Waals surface area contributed by atoms with Gasteiger partial charge in [0.2, 0.25) is 5.91 Å². The molecule has 1 aliphatic heterocycles. The fraction of sp³-hybridized carbons (Fsp3) is 0.467. The summed E-state index contributed by atoms with van der Waals surface area (Å²) in [5.74, 6) is -2.12. The second-order valence-corrected chi connectivity index (χ2v) is 6.27. The molecule has 2 heterocycles. The zero-order valence-corrected chi connectivity index (χ0v) is 13.8. The number of carbonyl (C=O) groups excluding carboxylic acids is 4. The van der Waals surface area contributed by atoms with E-state index in [2.05, 4.69) is 5.32 Å². The van der Waals surface area contributed by atoms with Gasteiger partial charge in [-0.2, -0.15) is 0 Å². The van der Waals surface area contributed by atoms with Crippen LogP contribution in [-0.4, -0.2) is 54.3 Å². The number of carbonyl (C=O) groups is 4. The van der Waals surface area contributed by atoms with Gasteiger partial charge in [-0.05, 0) is 30.7 Å². The van der Waals surface area contributed by atoms with Crippen LogP contribution in [0, 0.1) is 0 Å². The molecule has 0 bridgehead atoms. The molecule has 1 saturated heterocycles. The number of nitrogens with two attached hydrogens (primary N) is 1. The summed E-state index contributed by atoms with van der Waals surface area (Å²) in [5.41, 5.74) is 5.29. The first-order valence-electron chi connectivity index (χ1n) is 7.55. The number of piperidine rings is 1. The molecule has 3 N–H and O–H groups in total. The summed E-state index contributed by atoms with van der Waals surface area (Å²) < 4.78 is 4.86. The van der Waals surface area contributed by atoms with Crippen LogP contribution in [0.2, 0.25) is 0 Å². The molecule has 1 fully saturated rings. The monoisotopic (exact) mass is 353 g/mol. The number of primary amides is 1. The second-order valence-electron chi connectivity index (χ2n) is 5.32. The lowest BCUT2D eigenvalue weighted by Crippen LogP contribution is -2.51. The van der Waals surface area contributed by atoms with Gasteiger partial charge in [0, 0.05) is 6.54 Å². The fourth-order valence-electron chi connectivity index (χ4n) is 2.45. The maximum Gasteiger partial charge on any atom is 0.325 e. The largest absolute Gasteiger partial charge is 0.454 e. The fourth-order valence-corrected chi connectivity index (χ4v) is 3.09. The Labute approximate surface area is 142 Å². The number of hydrogen-bond donors (Lipinski definition) is 2. The Morgan fingerprint density at radius 2 is 2.12 bits per heavy atom. The van der Waals surface area contributed by atoms with Crippen molar-refractivity contribution in [3.63, 3.8) is 0 Å². The van der Waals surface area contributed by atoms with Crippen molar-refractivity contribution in [1.82, 2.24) is 10.2 Å². The van der Waals surface area contributed by atoms with Crippen LogP contribution in [0.4, 0.5) is 0 Å². The molecule has 9 heteroatoms. The summed E-state index contributed by atoms with van der Waals surface area (Å²) in [6.07, 6.45) is 2.12. The molecule has 1 aromatic heterocycles. The van der Waals surface area contributed by atoms with Crippen molar-refractivity contribution in [1.29, 1.82) is 0 Å². The Morgan fingerprint density at radius 3 is 2.79 bits per heavy atom. The molecule has 0 unspecified atom stereocenters. The average Bonchev–Trinajstić information content (AvgIpc) is 3.12. The number of esters is 1. The van der Waals surface area contributed by atoms with Crippen LogP contribution >= 0.6 is 11.3 Å². The number of nitrogens with zero attached hydrogens (tertiary/aromatic N) is 1. The maximum absolute atomic E-state index is 12.1. The summed E-state index contributed by atoms with van der Waals surface area (Å²) in [6.45, 7) is -0.389. The van der Waals surface area contributed by atoms with Crippen molar-refractivity contribution < 1.29 is 23.9 Å². The lowest BCUT2D eigenvalue weighted by atomic mass is 10.0. The highest BCUT2D eigenvalue weighted by atomic mass is 32.1. The number of ether oxygens (including phenoxy) is 1. The van der Waals surface area contributed by atoms with E-state index in [0.29, 0.717) is 17.8 Å². The third-order valence-electron chi connectivity index (χ3n) is 3.65. The molecule has 0 saturated carbocycles. The maximum atomic E-state index is 12.1. The standard InChI is InChI=1S/C15H19N3O5S/c16-14(21)10-4-1-2-6-18(10)12(19)9-23-13(20)8-17-15(22)11-5-3-7-24-11/h3,5,7,10H,1-2,4,6,8-9H2,(H2,16,21)(H,17,22)/t10-/m0/s1. The van der Waals surface area contributed by atoms with E-state index < -0.39 is 30.4 Å². The molecule has 0 radical (unpaired) electrons. The topological polar surface area (TPSA) is 119 Å². The first-order chi connectivity index (χ1) is 11.5. The van der Waals surface area contributed by atoms with Gasteiger partial charge in [0.15, 0.2) is 6.61 Å². The van der Waals surface area contributed by atoms with Crippen LogP contribution < -0.4 is 11.1 Å². The summed E-state index contributed by atoms with van der Waals surface area (Å²) in [7, 11) is 0. The highest BCUT2D eigenvalue weighted by molar-refractivity contribution is 7.12. The molecule has 0 spiro atoms. The molecule has 1 aromatic rings. The molecule has 130 valence electrons. The summed E-state index contributed by atoms with van der Waals surface area (Å²) in [4.78, 5) is 48.6. The molecule has 1 atom stereocenters. The van der Waals surface area contributed by atoms with Crippen LogP contribution in [0.25, 0.3) is 0 Å². The molecular weight excluding hydrogens is 334 g/mol. The van der Waals surface area contributed by atoms with Gasteiger partial charge in [0.1, 0.15) is 12.6 Å². The normalized spacial score (nSPS) is 17.2. The Balaban J connectivity index is 1.75. The number of amides is 3. The zero-order chi connectivity index (χ0) is 17.5. The Hall–Kier alpha value is -2.42. The van der Waals surface area contributed by atoms with E-state index >= 15 is 0 Å². The van der Waals surface area contributed by atoms with Crippen molar-refractivity contribution >= 4 is 35.0 Å². The van der Waals surface area contributed by atoms with Crippen molar-refractivity contribution in [2.45, 2.75) is 25.3 Å². The summed E-state index contributed by atoms with van der Waals surface area (Å²) in [6, 6.07) is 2.71. The number of nitrogens with one attached hydrogen (secondary N) is 1.